The molecule has 1 aromatic carbocycles. The Labute approximate surface area is 119 Å². The van der Waals surface area contributed by atoms with Crippen molar-refractivity contribution in [2.45, 2.75) is 25.9 Å². The first-order valence-corrected chi connectivity index (χ1v) is 6.89. The maximum Gasteiger partial charge on any atom is 0.124 e. The average molecular weight is 327 g/mol. The van der Waals surface area contributed by atoms with Gasteiger partial charge < -0.3 is 0 Å². The van der Waals surface area contributed by atoms with Crippen LogP contribution in [0.15, 0.2) is 34.9 Å². The van der Waals surface area contributed by atoms with E-state index in [1.807, 2.05) is 10.7 Å². The van der Waals surface area contributed by atoms with Crippen LogP contribution in [0.25, 0.3) is 0 Å². The van der Waals surface area contributed by atoms with E-state index in [-0.39, 0.29) is 11.9 Å². The SMILES string of the molecule is CCCn1nccc1C(NN)c1ccc(F)cc1Br. The third-order valence-electron chi connectivity index (χ3n) is 2.92. The fourth-order valence-corrected chi connectivity index (χ4v) is 2.64. The number of nitrogens with two attached hydrogens (primary N) is 1. The molecular weight excluding hydrogens is 311 g/mol. The summed E-state index contributed by atoms with van der Waals surface area (Å²) in [5.74, 6) is 5.38. The third-order valence-corrected chi connectivity index (χ3v) is 3.61. The summed E-state index contributed by atoms with van der Waals surface area (Å²) in [6, 6.07) is 6.25. The van der Waals surface area contributed by atoms with Gasteiger partial charge in [0.25, 0.3) is 0 Å². The lowest BCUT2D eigenvalue weighted by molar-refractivity contribution is 0.519. The van der Waals surface area contributed by atoms with Gasteiger partial charge in [-0.25, -0.2) is 9.82 Å². The van der Waals surface area contributed by atoms with Gasteiger partial charge in [-0.05, 0) is 30.2 Å². The van der Waals surface area contributed by atoms with Crippen LogP contribution in [-0.4, -0.2) is 9.78 Å². The van der Waals surface area contributed by atoms with E-state index in [2.05, 4.69) is 33.4 Å². The van der Waals surface area contributed by atoms with Gasteiger partial charge in [0, 0.05) is 17.2 Å². The average Bonchev–Trinajstić information content (AvgIpc) is 2.82. The summed E-state index contributed by atoms with van der Waals surface area (Å²) in [6.07, 6.45) is 2.73. The summed E-state index contributed by atoms with van der Waals surface area (Å²) in [5, 5.41) is 4.28. The molecule has 3 N–H and O–H groups in total. The molecule has 1 atom stereocenters. The first-order valence-electron chi connectivity index (χ1n) is 6.10. The number of nitrogens with one attached hydrogen (secondary N) is 1. The molecule has 102 valence electrons. The van der Waals surface area contributed by atoms with Crippen molar-refractivity contribution in [3.63, 3.8) is 0 Å². The molecule has 2 rings (SSSR count). The van der Waals surface area contributed by atoms with Gasteiger partial charge in [-0.15, -0.1) is 0 Å². The fraction of sp³-hybridized carbons (Fsp3) is 0.308. The Morgan fingerprint density at radius 2 is 2.26 bits per heavy atom. The number of hydrazine groups is 1. The van der Waals surface area contributed by atoms with Gasteiger partial charge in [0.2, 0.25) is 0 Å². The van der Waals surface area contributed by atoms with Crippen LogP contribution >= 0.6 is 15.9 Å². The minimum absolute atomic E-state index is 0.232. The lowest BCUT2D eigenvalue weighted by atomic mass is 10.0. The van der Waals surface area contributed by atoms with E-state index >= 15 is 0 Å². The first kappa shape index (κ1) is 14.2. The second-order valence-corrected chi connectivity index (χ2v) is 5.10. The summed E-state index contributed by atoms with van der Waals surface area (Å²) in [4.78, 5) is 0. The van der Waals surface area contributed by atoms with Crippen molar-refractivity contribution in [1.29, 1.82) is 0 Å². The minimum atomic E-state index is -0.284. The zero-order chi connectivity index (χ0) is 13.8. The molecule has 0 radical (unpaired) electrons. The van der Waals surface area contributed by atoms with Crippen molar-refractivity contribution in [3.8, 4) is 0 Å². The van der Waals surface area contributed by atoms with Crippen LogP contribution in [0.1, 0.15) is 30.6 Å². The lowest BCUT2D eigenvalue weighted by Crippen LogP contribution is -2.31. The Hall–Kier alpha value is -1.24. The fourth-order valence-electron chi connectivity index (χ4n) is 2.06. The topological polar surface area (TPSA) is 55.9 Å². The highest BCUT2D eigenvalue weighted by atomic mass is 79.9. The van der Waals surface area contributed by atoms with Gasteiger partial charge in [0.1, 0.15) is 5.82 Å². The van der Waals surface area contributed by atoms with Crippen molar-refractivity contribution >= 4 is 15.9 Å². The van der Waals surface area contributed by atoms with Crippen LogP contribution in [0.5, 0.6) is 0 Å². The van der Waals surface area contributed by atoms with Gasteiger partial charge in [-0.3, -0.25) is 10.5 Å². The van der Waals surface area contributed by atoms with Gasteiger partial charge in [-0.2, -0.15) is 5.10 Å². The predicted molar refractivity (Wildman–Crippen MR) is 75.8 cm³/mol. The van der Waals surface area contributed by atoms with E-state index in [1.54, 1.807) is 12.3 Å². The number of halogens is 2. The van der Waals surface area contributed by atoms with E-state index in [4.69, 9.17) is 5.84 Å². The Bertz CT molecular complexity index is 555. The zero-order valence-corrected chi connectivity index (χ0v) is 12.2. The molecule has 0 spiro atoms. The van der Waals surface area contributed by atoms with Crippen LogP contribution in [0.3, 0.4) is 0 Å². The molecular formula is C13H16BrFN4. The van der Waals surface area contributed by atoms with E-state index in [0.29, 0.717) is 4.47 Å². The van der Waals surface area contributed by atoms with E-state index < -0.39 is 0 Å². The van der Waals surface area contributed by atoms with E-state index in [1.165, 1.54) is 12.1 Å². The van der Waals surface area contributed by atoms with Crippen LogP contribution < -0.4 is 11.3 Å². The number of rotatable bonds is 5. The van der Waals surface area contributed by atoms with E-state index in [0.717, 1.165) is 24.2 Å². The van der Waals surface area contributed by atoms with Crippen LogP contribution in [0, 0.1) is 5.82 Å². The van der Waals surface area contributed by atoms with Crippen LogP contribution in [0.4, 0.5) is 4.39 Å². The molecule has 6 heteroatoms. The summed E-state index contributed by atoms with van der Waals surface area (Å²) < 4.78 is 15.7. The van der Waals surface area contributed by atoms with Gasteiger partial charge >= 0.3 is 0 Å². The smallest absolute Gasteiger partial charge is 0.124 e. The summed E-state index contributed by atoms with van der Waals surface area (Å²) in [6.45, 7) is 2.91. The summed E-state index contributed by atoms with van der Waals surface area (Å²) in [5.41, 5.74) is 4.60. The molecule has 0 fully saturated rings. The maximum atomic E-state index is 13.2. The molecule has 0 saturated carbocycles. The van der Waals surface area contributed by atoms with Crippen molar-refractivity contribution in [2.75, 3.05) is 0 Å². The Balaban J connectivity index is 2.41. The number of benzene rings is 1. The van der Waals surface area contributed by atoms with Crippen molar-refractivity contribution in [3.05, 3.63) is 52.0 Å². The highest BCUT2D eigenvalue weighted by Crippen LogP contribution is 2.28. The number of hydrogen-bond acceptors (Lipinski definition) is 3. The molecule has 0 aliphatic rings. The molecule has 1 heterocycles. The molecule has 4 nitrogen and oxygen atoms in total. The molecule has 0 saturated heterocycles. The van der Waals surface area contributed by atoms with Crippen LogP contribution in [0.2, 0.25) is 0 Å². The standard InChI is InChI=1S/C13H16BrFN4/c1-2-7-19-12(5-6-17-19)13(18-16)10-4-3-9(15)8-11(10)14/h3-6,8,13,18H,2,7,16H2,1H3. The van der Waals surface area contributed by atoms with Crippen molar-refractivity contribution in [1.82, 2.24) is 15.2 Å². The molecule has 19 heavy (non-hydrogen) atoms. The normalized spacial score (nSPS) is 12.6. The Morgan fingerprint density at radius 3 is 2.89 bits per heavy atom. The quantitative estimate of drug-likeness (QED) is 0.656. The van der Waals surface area contributed by atoms with Gasteiger partial charge in [-0.1, -0.05) is 28.9 Å². The molecule has 0 amide bonds. The highest BCUT2D eigenvalue weighted by Gasteiger charge is 2.19. The minimum Gasteiger partial charge on any atom is -0.271 e. The molecule has 1 aromatic heterocycles. The first-order chi connectivity index (χ1) is 9.17. The van der Waals surface area contributed by atoms with Crippen LogP contribution in [-0.2, 0) is 6.54 Å². The zero-order valence-electron chi connectivity index (χ0n) is 10.6. The number of nitrogens with zero attached hydrogens (tertiary/aromatic N) is 2. The Morgan fingerprint density at radius 1 is 1.47 bits per heavy atom. The number of aromatic nitrogens is 2. The Kier molecular flexibility index (Phi) is 4.68. The third kappa shape index (κ3) is 3.02. The van der Waals surface area contributed by atoms with Crippen molar-refractivity contribution in [2.24, 2.45) is 5.84 Å². The second kappa shape index (κ2) is 6.27. The number of aryl methyl sites for hydroxylation is 1. The lowest BCUT2D eigenvalue weighted by Gasteiger charge is -2.19. The highest BCUT2D eigenvalue weighted by molar-refractivity contribution is 9.10. The van der Waals surface area contributed by atoms with Crippen molar-refractivity contribution < 1.29 is 4.39 Å². The largest absolute Gasteiger partial charge is 0.271 e. The second-order valence-electron chi connectivity index (χ2n) is 4.24. The van der Waals surface area contributed by atoms with E-state index in [9.17, 15) is 4.39 Å². The molecule has 1 unspecified atom stereocenters. The molecule has 0 aliphatic carbocycles. The maximum absolute atomic E-state index is 13.2. The summed E-state index contributed by atoms with van der Waals surface area (Å²) >= 11 is 3.37. The molecule has 2 aromatic rings. The predicted octanol–water partition coefficient (Wildman–Crippen LogP) is 2.75. The van der Waals surface area contributed by atoms with Gasteiger partial charge in [0.05, 0.1) is 11.7 Å². The van der Waals surface area contributed by atoms with Gasteiger partial charge in [0.15, 0.2) is 0 Å². The number of hydrogen-bond donors (Lipinski definition) is 2. The summed E-state index contributed by atoms with van der Waals surface area (Å²) in [7, 11) is 0. The molecule has 0 bridgehead atoms. The monoisotopic (exact) mass is 326 g/mol. The molecule has 0 aliphatic heterocycles.